The first kappa shape index (κ1) is 24.1. The van der Waals surface area contributed by atoms with Crippen LogP contribution < -0.4 is 21.0 Å². The van der Waals surface area contributed by atoms with Gasteiger partial charge in [0.2, 0.25) is 11.8 Å². The van der Waals surface area contributed by atoms with Gasteiger partial charge in [0.05, 0.1) is 12.8 Å². The van der Waals surface area contributed by atoms with Crippen molar-refractivity contribution in [2.45, 2.75) is 26.7 Å². The predicted molar refractivity (Wildman–Crippen MR) is 133 cm³/mol. The second-order valence-corrected chi connectivity index (χ2v) is 8.68. The van der Waals surface area contributed by atoms with E-state index in [0.29, 0.717) is 33.4 Å². The smallest absolute Gasteiger partial charge is 0.339 e. The van der Waals surface area contributed by atoms with E-state index in [0.717, 1.165) is 22.3 Å². The van der Waals surface area contributed by atoms with Crippen LogP contribution in [0.15, 0.2) is 51.0 Å². The van der Waals surface area contributed by atoms with Crippen molar-refractivity contribution >= 4 is 44.9 Å². The third-order valence-electron chi connectivity index (χ3n) is 5.41. The molecule has 4 rings (SSSR count). The fourth-order valence-electron chi connectivity index (χ4n) is 3.67. The van der Waals surface area contributed by atoms with Crippen molar-refractivity contribution in [3.05, 3.63) is 69.1 Å². The molecule has 2 heterocycles. The minimum atomic E-state index is -0.546. The Morgan fingerprint density at radius 1 is 1.17 bits per heavy atom. The number of halogens is 1. The zero-order valence-electron chi connectivity index (χ0n) is 19.2. The minimum absolute atomic E-state index is 0.0436. The SMILES string of the molecule is COc1ccc2c(C)c(CCC(=O)Nc3nc(-c4ccc(NC(C)=O)cc4F)cs3)c(=O)oc2c1. The molecule has 35 heavy (non-hydrogen) atoms. The fraction of sp³-hybridized carbons (Fsp3) is 0.200. The van der Waals surface area contributed by atoms with Crippen LogP contribution in [0, 0.1) is 12.7 Å². The van der Waals surface area contributed by atoms with Crippen LogP contribution >= 0.6 is 11.3 Å². The van der Waals surface area contributed by atoms with Gasteiger partial charge >= 0.3 is 5.63 Å². The Bertz CT molecular complexity index is 1490. The second kappa shape index (κ2) is 10.1. The molecule has 0 aliphatic carbocycles. The van der Waals surface area contributed by atoms with Crippen molar-refractivity contribution in [1.29, 1.82) is 0 Å². The summed E-state index contributed by atoms with van der Waals surface area (Å²) in [7, 11) is 1.53. The van der Waals surface area contributed by atoms with Gasteiger partial charge < -0.3 is 19.8 Å². The number of carbonyl (C=O) groups excluding carboxylic acids is 2. The molecule has 2 aromatic carbocycles. The van der Waals surface area contributed by atoms with Gasteiger partial charge in [0.25, 0.3) is 0 Å². The van der Waals surface area contributed by atoms with Gasteiger partial charge in [-0.2, -0.15) is 0 Å². The number of anilines is 2. The molecule has 0 radical (unpaired) electrons. The van der Waals surface area contributed by atoms with Gasteiger partial charge in [-0.1, -0.05) is 0 Å². The molecule has 10 heteroatoms. The molecule has 0 saturated heterocycles. The molecule has 4 aromatic rings. The van der Waals surface area contributed by atoms with E-state index < -0.39 is 11.4 Å². The highest BCUT2D eigenvalue weighted by molar-refractivity contribution is 7.14. The standard InChI is InChI=1S/C25H22FN3O5S/c1-13-17-7-5-16(33-3)11-22(17)34-24(32)18(13)8-9-23(31)29-25-28-21(12-35-25)19-6-4-15(10-20(19)26)27-14(2)30/h4-7,10-12H,8-9H2,1-3H3,(H,27,30)(H,28,29,31). The number of nitrogens with zero attached hydrogens (tertiary/aromatic N) is 1. The number of aryl methyl sites for hydroxylation is 1. The van der Waals surface area contributed by atoms with E-state index in [1.54, 1.807) is 23.6 Å². The van der Waals surface area contributed by atoms with E-state index in [2.05, 4.69) is 15.6 Å². The Labute approximate surface area is 203 Å². The second-order valence-electron chi connectivity index (χ2n) is 7.82. The number of hydrogen-bond acceptors (Lipinski definition) is 7. The van der Waals surface area contributed by atoms with Crippen LogP contribution in [0.1, 0.15) is 24.5 Å². The number of nitrogens with one attached hydrogen (secondary N) is 2. The van der Waals surface area contributed by atoms with Gasteiger partial charge in [0.1, 0.15) is 17.1 Å². The highest BCUT2D eigenvalue weighted by Crippen LogP contribution is 2.29. The van der Waals surface area contributed by atoms with Crippen LogP contribution in [0.5, 0.6) is 5.75 Å². The maximum atomic E-state index is 14.5. The molecule has 2 N–H and O–H groups in total. The summed E-state index contributed by atoms with van der Waals surface area (Å²) >= 11 is 1.16. The van der Waals surface area contributed by atoms with Crippen molar-refractivity contribution in [1.82, 2.24) is 4.98 Å². The molecule has 0 unspecified atom stereocenters. The van der Waals surface area contributed by atoms with Crippen molar-refractivity contribution < 1.29 is 23.1 Å². The zero-order chi connectivity index (χ0) is 25.1. The summed E-state index contributed by atoms with van der Waals surface area (Å²) in [6, 6.07) is 9.54. The average Bonchev–Trinajstić information content (AvgIpc) is 3.26. The summed E-state index contributed by atoms with van der Waals surface area (Å²) in [5.74, 6) is -0.595. The van der Waals surface area contributed by atoms with Crippen LogP contribution in [0.3, 0.4) is 0 Å². The highest BCUT2D eigenvalue weighted by Gasteiger charge is 2.16. The average molecular weight is 496 g/mol. The molecule has 8 nitrogen and oxygen atoms in total. The third-order valence-corrected chi connectivity index (χ3v) is 6.17. The molecule has 0 fully saturated rings. The molecule has 0 spiro atoms. The van der Waals surface area contributed by atoms with Crippen molar-refractivity contribution in [3.8, 4) is 17.0 Å². The summed E-state index contributed by atoms with van der Waals surface area (Å²) in [4.78, 5) is 40.4. The number of rotatable bonds is 7. The molecule has 180 valence electrons. The maximum Gasteiger partial charge on any atom is 0.339 e. The number of benzene rings is 2. The van der Waals surface area contributed by atoms with Crippen LogP contribution in [-0.4, -0.2) is 23.9 Å². The van der Waals surface area contributed by atoms with Crippen molar-refractivity contribution in [2.24, 2.45) is 0 Å². The maximum absolute atomic E-state index is 14.5. The normalized spacial score (nSPS) is 10.9. The van der Waals surface area contributed by atoms with Crippen LogP contribution in [0.25, 0.3) is 22.2 Å². The lowest BCUT2D eigenvalue weighted by Crippen LogP contribution is -2.16. The number of aromatic nitrogens is 1. The lowest BCUT2D eigenvalue weighted by atomic mass is 10.0. The number of methoxy groups -OCH3 is 1. The van der Waals surface area contributed by atoms with Crippen LogP contribution in [0.2, 0.25) is 0 Å². The summed E-state index contributed by atoms with van der Waals surface area (Å²) in [5, 5.41) is 7.92. The molecular weight excluding hydrogens is 473 g/mol. The van der Waals surface area contributed by atoms with Gasteiger partial charge in [-0.25, -0.2) is 14.2 Å². The van der Waals surface area contributed by atoms with Crippen LogP contribution in [-0.2, 0) is 16.0 Å². The van der Waals surface area contributed by atoms with Gasteiger partial charge in [-0.05, 0) is 49.2 Å². The van der Waals surface area contributed by atoms with E-state index in [-0.39, 0.29) is 30.2 Å². The molecular formula is C25H22FN3O5S. The Morgan fingerprint density at radius 3 is 2.69 bits per heavy atom. The first-order valence-electron chi connectivity index (χ1n) is 10.7. The Morgan fingerprint density at radius 2 is 1.97 bits per heavy atom. The number of hydrogen-bond donors (Lipinski definition) is 2. The number of ether oxygens (including phenoxy) is 1. The number of thiazole rings is 1. The molecule has 0 aliphatic heterocycles. The fourth-order valence-corrected chi connectivity index (χ4v) is 4.40. The monoisotopic (exact) mass is 495 g/mol. The van der Waals surface area contributed by atoms with E-state index >= 15 is 0 Å². The lowest BCUT2D eigenvalue weighted by Gasteiger charge is -2.09. The molecule has 2 amide bonds. The number of fused-ring (bicyclic) bond motifs is 1. The van der Waals surface area contributed by atoms with Gasteiger partial charge in [0, 0.05) is 47.0 Å². The predicted octanol–water partition coefficient (Wildman–Crippen LogP) is 4.90. The lowest BCUT2D eigenvalue weighted by molar-refractivity contribution is -0.116. The van der Waals surface area contributed by atoms with E-state index in [1.807, 2.05) is 13.0 Å². The van der Waals surface area contributed by atoms with Crippen molar-refractivity contribution in [2.75, 3.05) is 17.7 Å². The van der Waals surface area contributed by atoms with Crippen LogP contribution in [0.4, 0.5) is 15.2 Å². The topological polar surface area (TPSA) is 111 Å². The van der Waals surface area contributed by atoms with Gasteiger partial charge in [0.15, 0.2) is 5.13 Å². The minimum Gasteiger partial charge on any atom is -0.497 e. The molecule has 0 atom stereocenters. The first-order chi connectivity index (χ1) is 16.7. The Kier molecular flexibility index (Phi) is 6.92. The molecule has 0 saturated carbocycles. The quantitative estimate of drug-likeness (QED) is 0.353. The van der Waals surface area contributed by atoms with E-state index in [4.69, 9.17) is 9.15 Å². The third kappa shape index (κ3) is 5.38. The summed E-state index contributed by atoms with van der Waals surface area (Å²) < 4.78 is 25.1. The number of amides is 2. The number of carbonyl (C=O) groups is 2. The molecule has 2 aromatic heterocycles. The van der Waals surface area contributed by atoms with Crippen molar-refractivity contribution in [3.63, 3.8) is 0 Å². The Balaban J connectivity index is 1.44. The largest absolute Gasteiger partial charge is 0.497 e. The molecule has 0 aliphatic rings. The Hall–Kier alpha value is -4.05. The van der Waals surface area contributed by atoms with Gasteiger partial charge in [-0.15, -0.1) is 11.3 Å². The molecule has 0 bridgehead atoms. The van der Waals surface area contributed by atoms with Gasteiger partial charge in [-0.3, -0.25) is 9.59 Å². The summed E-state index contributed by atoms with van der Waals surface area (Å²) in [5.41, 5.74) is 2.06. The summed E-state index contributed by atoms with van der Waals surface area (Å²) in [6.45, 7) is 3.16. The van der Waals surface area contributed by atoms with E-state index in [1.165, 1.54) is 26.2 Å². The summed E-state index contributed by atoms with van der Waals surface area (Å²) in [6.07, 6.45) is 0.237. The van der Waals surface area contributed by atoms with E-state index in [9.17, 15) is 18.8 Å². The highest BCUT2D eigenvalue weighted by atomic mass is 32.1. The first-order valence-corrected chi connectivity index (χ1v) is 11.6. The zero-order valence-corrected chi connectivity index (χ0v) is 20.0.